The highest BCUT2D eigenvalue weighted by molar-refractivity contribution is 5.71. The van der Waals surface area contributed by atoms with Crippen LogP contribution in [0.2, 0.25) is 0 Å². The van der Waals surface area contributed by atoms with E-state index in [-0.39, 0.29) is 24.0 Å². The molecule has 88 valence electrons. The first-order valence-electron chi connectivity index (χ1n) is 5.00. The average Bonchev–Trinajstić information content (AvgIpc) is 2.24. The van der Waals surface area contributed by atoms with Crippen LogP contribution in [0.15, 0.2) is 18.2 Å². The Morgan fingerprint density at radius 1 is 1.38 bits per heavy atom. The number of benzene rings is 1. The third-order valence-corrected chi connectivity index (χ3v) is 1.94. The fourth-order valence-corrected chi connectivity index (χ4v) is 1.20. The van der Waals surface area contributed by atoms with E-state index in [2.05, 4.69) is 5.32 Å². The van der Waals surface area contributed by atoms with Gasteiger partial charge < -0.3 is 20.3 Å². The summed E-state index contributed by atoms with van der Waals surface area (Å²) in [4.78, 5) is 11.0. The number of rotatable bonds is 5. The summed E-state index contributed by atoms with van der Waals surface area (Å²) in [6.07, 6.45) is 0. The second kappa shape index (κ2) is 5.97. The van der Waals surface area contributed by atoms with Crippen LogP contribution in [0.4, 0.5) is 0 Å². The lowest BCUT2D eigenvalue weighted by atomic mass is 10.2. The van der Waals surface area contributed by atoms with Crippen LogP contribution in [-0.2, 0) is 16.1 Å². The molecule has 5 heteroatoms. The molecule has 0 radical (unpaired) electrons. The van der Waals surface area contributed by atoms with Gasteiger partial charge >= 0.3 is 5.97 Å². The van der Waals surface area contributed by atoms with Crippen LogP contribution >= 0.6 is 0 Å². The molecule has 0 heterocycles. The Labute approximate surface area is 93.7 Å². The molecule has 0 aliphatic carbocycles. The zero-order valence-corrected chi connectivity index (χ0v) is 9.06. The van der Waals surface area contributed by atoms with Crippen molar-refractivity contribution in [3.05, 3.63) is 23.8 Å². The normalized spacial score (nSPS) is 10.1. The molecule has 0 saturated carbocycles. The number of carbonyl (C=O) groups is 1. The van der Waals surface area contributed by atoms with Crippen molar-refractivity contribution in [3.8, 4) is 11.5 Å². The molecular weight excluding hydrogens is 210 g/mol. The minimum absolute atomic E-state index is 0.121. The van der Waals surface area contributed by atoms with Crippen LogP contribution < -0.4 is 5.32 Å². The highest BCUT2D eigenvalue weighted by Gasteiger charge is 2.03. The quantitative estimate of drug-likeness (QED) is 0.509. The first kappa shape index (κ1) is 12.3. The predicted molar refractivity (Wildman–Crippen MR) is 58.1 cm³/mol. The molecule has 0 spiro atoms. The van der Waals surface area contributed by atoms with Gasteiger partial charge in [-0.25, -0.2) is 0 Å². The Bertz CT molecular complexity index is 365. The SMILES string of the molecule is CCOC(=O)CNCc1ccc(O)c(O)c1. The zero-order valence-electron chi connectivity index (χ0n) is 9.06. The van der Waals surface area contributed by atoms with Gasteiger partial charge in [-0.05, 0) is 24.6 Å². The number of hydrogen-bond donors (Lipinski definition) is 3. The van der Waals surface area contributed by atoms with Crippen molar-refractivity contribution in [2.24, 2.45) is 0 Å². The number of nitrogens with one attached hydrogen (secondary N) is 1. The van der Waals surface area contributed by atoms with E-state index in [1.165, 1.54) is 12.1 Å². The summed E-state index contributed by atoms with van der Waals surface area (Å²) in [5.74, 6) is -0.643. The Balaban J connectivity index is 2.37. The van der Waals surface area contributed by atoms with E-state index >= 15 is 0 Å². The molecule has 5 nitrogen and oxygen atoms in total. The first-order valence-corrected chi connectivity index (χ1v) is 5.00. The number of carbonyl (C=O) groups excluding carboxylic acids is 1. The van der Waals surface area contributed by atoms with Gasteiger partial charge in [-0.3, -0.25) is 4.79 Å². The van der Waals surface area contributed by atoms with E-state index < -0.39 is 0 Å². The molecular formula is C11H15NO4. The molecule has 0 aliphatic rings. The maximum absolute atomic E-state index is 11.0. The smallest absolute Gasteiger partial charge is 0.319 e. The van der Waals surface area contributed by atoms with Crippen LogP contribution in [0, 0.1) is 0 Å². The molecule has 0 saturated heterocycles. The minimum atomic E-state index is -0.314. The Morgan fingerprint density at radius 2 is 2.12 bits per heavy atom. The third-order valence-electron chi connectivity index (χ3n) is 1.94. The number of hydrogen-bond acceptors (Lipinski definition) is 5. The topological polar surface area (TPSA) is 78.8 Å². The van der Waals surface area contributed by atoms with Gasteiger partial charge in [0.2, 0.25) is 0 Å². The molecule has 16 heavy (non-hydrogen) atoms. The van der Waals surface area contributed by atoms with Gasteiger partial charge in [-0.15, -0.1) is 0 Å². The van der Waals surface area contributed by atoms with E-state index in [9.17, 15) is 9.90 Å². The summed E-state index contributed by atoms with van der Waals surface area (Å²) < 4.78 is 4.73. The number of aromatic hydroxyl groups is 2. The van der Waals surface area contributed by atoms with E-state index in [1.54, 1.807) is 13.0 Å². The standard InChI is InChI=1S/C11H15NO4/c1-2-16-11(15)7-12-6-8-3-4-9(13)10(14)5-8/h3-5,12-14H,2,6-7H2,1H3. The maximum Gasteiger partial charge on any atom is 0.319 e. The second-order valence-corrected chi connectivity index (χ2v) is 3.23. The molecule has 1 aromatic rings. The minimum Gasteiger partial charge on any atom is -0.504 e. The predicted octanol–water partition coefficient (Wildman–Crippen LogP) is 0.750. The summed E-state index contributed by atoms with van der Waals surface area (Å²) in [7, 11) is 0. The van der Waals surface area contributed by atoms with Crippen molar-refractivity contribution >= 4 is 5.97 Å². The molecule has 0 aromatic heterocycles. The van der Waals surface area contributed by atoms with Crippen LogP contribution in [-0.4, -0.2) is 29.3 Å². The van der Waals surface area contributed by atoms with Gasteiger partial charge in [-0.2, -0.15) is 0 Å². The van der Waals surface area contributed by atoms with Gasteiger partial charge in [0.05, 0.1) is 13.2 Å². The Morgan fingerprint density at radius 3 is 2.75 bits per heavy atom. The van der Waals surface area contributed by atoms with E-state index in [1.807, 2.05) is 0 Å². The fourth-order valence-electron chi connectivity index (χ4n) is 1.20. The molecule has 0 unspecified atom stereocenters. The van der Waals surface area contributed by atoms with Gasteiger partial charge in [-0.1, -0.05) is 6.07 Å². The lowest BCUT2D eigenvalue weighted by Gasteiger charge is -2.05. The van der Waals surface area contributed by atoms with Crippen molar-refractivity contribution in [1.29, 1.82) is 0 Å². The third kappa shape index (κ3) is 3.78. The van der Waals surface area contributed by atoms with E-state index in [4.69, 9.17) is 9.84 Å². The van der Waals surface area contributed by atoms with E-state index in [0.717, 1.165) is 5.56 Å². The summed E-state index contributed by atoms with van der Waals surface area (Å²) >= 11 is 0. The monoisotopic (exact) mass is 225 g/mol. The van der Waals surface area contributed by atoms with Crippen LogP contribution in [0.1, 0.15) is 12.5 Å². The highest BCUT2D eigenvalue weighted by atomic mass is 16.5. The van der Waals surface area contributed by atoms with Crippen molar-refractivity contribution in [1.82, 2.24) is 5.32 Å². The number of phenolic OH excluding ortho intramolecular Hbond substituents is 2. The Hall–Kier alpha value is -1.75. The van der Waals surface area contributed by atoms with E-state index in [0.29, 0.717) is 13.2 Å². The van der Waals surface area contributed by atoms with Gasteiger partial charge in [0.1, 0.15) is 0 Å². The second-order valence-electron chi connectivity index (χ2n) is 3.23. The molecule has 3 N–H and O–H groups in total. The number of esters is 1. The summed E-state index contributed by atoms with van der Waals surface area (Å²) in [6.45, 7) is 2.65. The van der Waals surface area contributed by atoms with Gasteiger partial charge in [0, 0.05) is 6.54 Å². The fraction of sp³-hybridized carbons (Fsp3) is 0.364. The summed E-state index contributed by atoms with van der Waals surface area (Å²) in [6, 6.07) is 4.50. The average molecular weight is 225 g/mol. The molecule has 0 amide bonds. The lowest BCUT2D eigenvalue weighted by molar-refractivity contribution is -0.142. The Kier molecular flexibility index (Phi) is 4.60. The summed E-state index contributed by atoms with van der Waals surface area (Å²) in [5, 5.41) is 21.2. The zero-order chi connectivity index (χ0) is 12.0. The molecule has 0 aliphatic heterocycles. The molecule has 0 fully saturated rings. The van der Waals surface area contributed by atoms with Crippen molar-refractivity contribution in [2.45, 2.75) is 13.5 Å². The summed E-state index contributed by atoms with van der Waals surface area (Å²) in [5.41, 5.74) is 0.777. The lowest BCUT2D eigenvalue weighted by Crippen LogP contribution is -2.24. The van der Waals surface area contributed by atoms with Gasteiger partial charge in [0.15, 0.2) is 11.5 Å². The number of ether oxygens (including phenoxy) is 1. The molecule has 1 aromatic carbocycles. The van der Waals surface area contributed by atoms with Crippen molar-refractivity contribution in [2.75, 3.05) is 13.2 Å². The van der Waals surface area contributed by atoms with Crippen LogP contribution in [0.5, 0.6) is 11.5 Å². The molecule has 0 atom stereocenters. The van der Waals surface area contributed by atoms with Crippen molar-refractivity contribution in [3.63, 3.8) is 0 Å². The van der Waals surface area contributed by atoms with Crippen LogP contribution in [0.3, 0.4) is 0 Å². The maximum atomic E-state index is 11.0. The highest BCUT2D eigenvalue weighted by Crippen LogP contribution is 2.24. The van der Waals surface area contributed by atoms with Gasteiger partial charge in [0.25, 0.3) is 0 Å². The van der Waals surface area contributed by atoms with Crippen LogP contribution in [0.25, 0.3) is 0 Å². The molecule has 1 rings (SSSR count). The largest absolute Gasteiger partial charge is 0.504 e. The molecule has 0 bridgehead atoms. The van der Waals surface area contributed by atoms with Crippen molar-refractivity contribution < 1.29 is 19.7 Å². The number of phenols is 2. The first-order chi connectivity index (χ1) is 7.63.